The Balaban J connectivity index is 2.01. The Kier molecular flexibility index (Phi) is 3.31. The molecule has 0 amide bonds. The first kappa shape index (κ1) is 11.9. The maximum atomic E-state index is 13.7. The lowest BCUT2D eigenvalue weighted by Crippen LogP contribution is -2.10. The van der Waals surface area contributed by atoms with E-state index in [1.165, 1.54) is 25.0 Å². The molecule has 2 N–H and O–H groups in total. The number of benzene rings is 1. The van der Waals surface area contributed by atoms with Crippen LogP contribution in [0.5, 0.6) is 0 Å². The van der Waals surface area contributed by atoms with Crippen molar-refractivity contribution in [1.29, 1.82) is 0 Å². The molecule has 0 saturated heterocycles. The zero-order valence-electron chi connectivity index (χ0n) is 9.83. The summed E-state index contributed by atoms with van der Waals surface area (Å²) >= 11 is 0. The zero-order chi connectivity index (χ0) is 12.4. The summed E-state index contributed by atoms with van der Waals surface area (Å²) in [6, 6.07) is 2.82. The Labute approximate surface area is 99.8 Å². The highest BCUT2D eigenvalue weighted by Crippen LogP contribution is 2.32. The SMILES string of the molecule is Cc1cc(N)cc(C(=O)OCCC2CC2)c1F. The van der Waals surface area contributed by atoms with Crippen LogP contribution in [0.1, 0.15) is 35.2 Å². The second-order valence-corrected chi connectivity index (χ2v) is 4.57. The van der Waals surface area contributed by atoms with Gasteiger partial charge in [0.05, 0.1) is 12.2 Å². The molecule has 1 fully saturated rings. The van der Waals surface area contributed by atoms with Crippen LogP contribution in [0.25, 0.3) is 0 Å². The minimum Gasteiger partial charge on any atom is -0.462 e. The highest BCUT2D eigenvalue weighted by Gasteiger charge is 2.22. The number of halogens is 1. The predicted octanol–water partition coefficient (Wildman–Crippen LogP) is 2.67. The molecule has 1 aromatic rings. The van der Waals surface area contributed by atoms with Crippen molar-refractivity contribution >= 4 is 11.7 Å². The molecule has 4 heteroatoms. The third-order valence-corrected chi connectivity index (χ3v) is 2.95. The minimum absolute atomic E-state index is 0.0710. The van der Waals surface area contributed by atoms with Crippen LogP contribution in [0, 0.1) is 18.7 Å². The van der Waals surface area contributed by atoms with Crippen molar-refractivity contribution < 1.29 is 13.9 Å². The van der Waals surface area contributed by atoms with Gasteiger partial charge in [-0.25, -0.2) is 9.18 Å². The second-order valence-electron chi connectivity index (χ2n) is 4.57. The monoisotopic (exact) mass is 237 g/mol. The molecule has 1 saturated carbocycles. The van der Waals surface area contributed by atoms with E-state index in [2.05, 4.69) is 0 Å². The molecule has 0 aromatic heterocycles. The molecule has 92 valence electrons. The van der Waals surface area contributed by atoms with Gasteiger partial charge in [-0.1, -0.05) is 12.8 Å². The van der Waals surface area contributed by atoms with Gasteiger partial charge in [-0.3, -0.25) is 0 Å². The minimum atomic E-state index is -0.626. The summed E-state index contributed by atoms with van der Waals surface area (Å²) in [5.41, 5.74) is 6.24. The number of anilines is 1. The van der Waals surface area contributed by atoms with E-state index < -0.39 is 11.8 Å². The highest BCUT2D eigenvalue weighted by molar-refractivity contribution is 5.91. The number of hydrogen-bond acceptors (Lipinski definition) is 3. The summed E-state index contributed by atoms with van der Waals surface area (Å²) in [6.45, 7) is 1.93. The maximum Gasteiger partial charge on any atom is 0.341 e. The fourth-order valence-corrected chi connectivity index (χ4v) is 1.75. The first-order valence-corrected chi connectivity index (χ1v) is 5.80. The molecule has 0 bridgehead atoms. The highest BCUT2D eigenvalue weighted by atomic mass is 19.1. The quantitative estimate of drug-likeness (QED) is 0.647. The van der Waals surface area contributed by atoms with Crippen LogP contribution in [-0.4, -0.2) is 12.6 Å². The Morgan fingerprint density at radius 2 is 2.24 bits per heavy atom. The van der Waals surface area contributed by atoms with Gasteiger partial charge in [0.25, 0.3) is 0 Å². The maximum absolute atomic E-state index is 13.7. The number of esters is 1. The largest absolute Gasteiger partial charge is 0.462 e. The van der Waals surface area contributed by atoms with E-state index in [1.807, 2.05) is 0 Å². The van der Waals surface area contributed by atoms with Crippen LogP contribution in [0.4, 0.5) is 10.1 Å². The number of nitrogen functional groups attached to an aromatic ring is 1. The van der Waals surface area contributed by atoms with Crippen molar-refractivity contribution in [3.8, 4) is 0 Å². The third kappa shape index (κ3) is 2.96. The van der Waals surface area contributed by atoms with Gasteiger partial charge in [0.15, 0.2) is 0 Å². The molecule has 1 aliphatic carbocycles. The van der Waals surface area contributed by atoms with Crippen LogP contribution in [0.15, 0.2) is 12.1 Å². The van der Waals surface area contributed by atoms with E-state index in [-0.39, 0.29) is 5.56 Å². The van der Waals surface area contributed by atoms with Crippen molar-refractivity contribution in [2.45, 2.75) is 26.2 Å². The Morgan fingerprint density at radius 1 is 1.53 bits per heavy atom. The summed E-state index contributed by atoms with van der Waals surface area (Å²) in [5.74, 6) is -0.482. The van der Waals surface area contributed by atoms with Gasteiger partial charge in [-0.2, -0.15) is 0 Å². The van der Waals surface area contributed by atoms with Crippen molar-refractivity contribution in [2.75, 3.05) is 12.3 Å². The molecule has 3 nitrogen and oxygen atoms in total. The summed E-state index contributed by atoms with van der Waals surface area (Å²) in [5, 5.41) is 0. The summed E-state index contributed by atoms with van der Waals surface area (Å²) in [7, 11) is 0. The van der Waals surface area contributed by atoms with Crippen LogP contribution in [-0.2, 0) is 4.74 Å². The molecule has 1 aliphatic rings. The Bertz CT molecular complexity index is 441. The number of ether oxygens (including phenoxy) is 1. The molecular weight excluding hydrogens is 221 g/mol. The van der Waals surface area contributed by atoms with Crippen molar-refractivity contribution in [1.82, 2.24) is 0 Å². The van der Waals surface area contributed by atoms with Gasteiger partial charge in [0.1, 0.15) is 5.82 Å². The number of carbonyl (C=O) groups is 1. The lowest BCUT2D eigenvalue weighted by atomic mass is 10.1. The molecule has 0 aliphatic heterocycles. The zero-order valence-corrected chi connectivity index (χ0v) is 9.83. The van der Waals surface area contributed by atoms with E-state index in [9.17, 15) is 9.18 Å². The smallest absolute Gasteiger partial charge is 0.341 e. The summed E-state index contributed by atoms with van der Waals surface area (Å²) < 4.78 is 18.7. The molecule has 0 spiro atoms. The van der Waals surface area contributed by atoms with E-state index >= 15 is 0 Å². The first-order chi connectivity index (χ1) is 8.08. The van der Waals surface area contributed by atoms with Crippen LogP contribution >= 0.6 is 0 Å². The van der Waals surface area contributed by atoms with Gasteiger partial charge in [-0.05, 0) is 37.0 Å². The van der Waals surface area contributed by atoms with E-state index in [1.54, 1.807) is 6.92 Å². The fraction of sp³-hybridized carbons (Fsp3) is 0.462. The van der Waals surface area contributed by atoms with Crippen LogP contribution in [0.3, 0.4) is 0 Å². The summed E-state index contributed by atoms with van der Waals surface area (Å²) in [6.07, 6.45) is 3.29. The van der Waals surface area contributed by atoms with Gasteiger partial charge < -0.3 is 10.5 Å². The van der Waals surface area contributed by atoms with Gasteiger partial charge in [-0.15, -0.1) is 0 Å². The summed E-state index contributed by atoms with van der Waals surface area (Å²) in [4.78, 5) is 11.7. The predicted molar refractivity (Wildman–Crippen MR) is 63.2 cm³/mol. The second kappa shape index (κ2) is 4.73. The molecule has 1 aromatic carbocycles. The average molecular weight is 237 g/mol. The number of carbonyl (C=O) groups excluding carboxylic acids is 1. The van der Waals surface area contributed by atoms with E-state index in [0.29, 0.717) is 23.8 Å². The Morgan fingerprint density at radius 3 is 2.88 bits per heavy atom. The lowest BCUT2D eigenvalue weighted by Gasteiger charge is -2.07. The Hall–Kier alpha value is -1.58. The normalized spacial score (nSPS) is 14.7. The molecule has 17 heavy (non-hydrogen) atoms. The van der Waals surface area contributed by atoms with Crippen LogP contribution < -0.4 is 5.73 Å². The van der Waals surface area contributed by atoms with E-state index in [0.717, 1.165) is 6.42 Å². The standard InChI is InChI=1S/C13H16FNO2/c1-8-6-10(15)7-11(12(8)14)13(16)17-5-4-9-2-3-9/h6-7,9H,2-5,15H2,1H3. The van der Waals surface area contributed by atoms with Gasteiger partial charge in [0.2, 0.25) is 0 Å². The number of rotatable bonds is 4. The topological polar surface area (TPSA) is 52.3 Å². The molecule has 2 rings (SSSR count). The molecule has 0 heterocycles. The number of nitrogens with two attached hydrogens (primary N) is 1. The first-order valence-electron chi connectivity index (χ1n) is 5.80. The third-order valence-electron chi connectivity index (χ3n) is 2.95. The average Bonchev–Trinajstić information content (AvgIpc) is 3.07. The van der Waals surface area contributed by atoms with Crippen LogP contribution in [0.2, 0.25) is 0 Å². The molecular formula is C13H16FNO2. The molecule has 0 unspecified atom stereocenters. The van der Waals surface area contributed by atoms with E-state index in [4.69, 9.17) is 10.5 Å². The van der Waals surface area contributed by atoms with Gasteiger partial charge in [0, 0.05) is 5.69 Å². The van der Waals surface area contributed by atoms with Crippen molar-refractivity contribution in [3.05, 3.63) is 29.1 Å². The lowest BCUT2D eigenvalue weighted by molar-refractivity contribution is 0.0489. The molecule has 0 atom stereocenters. The molecule has 0 radical (unpaired) electrons. The van der Waals surface area contributed by atoms with Gasteiger partial charge >= 0.3 is 5.97 Å². The number of aryl methyl sites for hydroxylation is 1. The van der Waals surface area contributed by atoms with Crippen molar-refractivity contribution in [3.63, 3.8) is 0 Å². The van der Waals surface area contributed by atoms with Crippen molar-refractivity contribution in [2.24, 2.45) is 5.92 Å². The number of hydrogen-bond donors (Lipinski definition) is 1. The fourth-order valence-electron chi connectivity index (χ4n) is 1.75.